The van der Waals surface area contributed by atoms with Crippen molar-refractivity contribution in [3.05, 3.63) is 17.8 Å². The van der Waals surface area contributed by atoms with Crippen LogP contribution < -0.4 is 5.32 Å². The number of aromatic nitrogens is 2. The predicted octanol–water partition coefficient (Wildman–Crippen LogP) is 2.39. The molecule has 13 heavy (non-hydrogen) atoms. The van der Waals surface area contributed by atoms with Crippen LogP contribution in [0.1, 0.15) is 32.4 Å². The molecule has 0 fully saturated rings. The van der Waals surface area contributed by atoms with Gasteiger partial charge in [0.15, 0.2) is 0 Å². The maximum Gasteiger partial charge on any atom is 0.148 e. The number of aryl methyl sites for hydroxylation is 1. The summed E-state index contributed by atoms with van der Waals surface area (Å²) >= 11 is 0. The van der Waals surface area contributed by atoms with Crippen molar-refractivity contribution >= 4 is 5.82 Å². The van der Waals surface area contributed by atoms with Crippen LogP contribution in [0.4, 0.5) is 5.82 Å². The zero-order valence-electron chi connectivity index (χ0n) is 8.54. The molecule has 1 heterocycles. The molecule has 72 valence electrons. The summed E-state index contributed by atoms with van der Waals surface area (Å²) in [4.78, 5) is 0. The standard InChI is InChI=1S/C10H17N3/c1-4-5-8(2)11-10-7-6-9(3)12-13-10/h6-8H,4-5H2,1-3H3,(H,11,13). The molecule has 1 aromatic rings. The summed E-state index contributed by atoms with van der Waals surface area (Å²) in [6.07, 6.45) is 2.35. The summed E-state index contributed by atoms with van der Waals surface area (Å²) in [5, 5.41) is 11.3. The summed E-state index contributed by atoms with van der Waals surface area (Å²) in [5.74, 6) is 0.867. The molecule has 1 rings (SSSR count). The van der Waals surface area contributed by atoms with Gasteiger partial charge in [0, 0.05) is 6.04 Å². The maximum atomic E-state index is 4.04. The lowest BCUT2D eigenvalue weighted by atomic mass is 10.2. The van der Waals surface area contributed by atoms with Crippen molar-refractivity contribution in [2.24, 2.45) is 0 Å². The second-order valence-electron chi connectivity index (χ2n) is 3.39. The number of hydrogen-bond donors (Lipinski definition) is 1. The van der Waals surface area contributed by atoms with E-state index in [1.54, 1.807) is 0 Å². The van der Waals surface area contributed by atoms with E-state index >= 15 is 0 Å². The molecule has 1 unspecified atom stereocenters. The van der Waals surface area contributed by atoms with E-state index in [9.17, 15) is 0 Å². The fraction of sp³-hybridized carbons (Fsp3) is 0.600. The average molecular weight is 179 g/mol. The minimum Gasteiger partial charge on any atom is -0.366 e. The van der Waals surface area contributed by atoms with E-state index in [1.807, 2.05) is 19.1 Å². The first-order valence-corrected chi connectivity index (χ1v) is 4.79. The normalized spacial score (nSPS) is 12.5. The highest BCUT2D eigenvalue weighted by molar-refractivity contribution is 5.33. The molecule has 1 N–H and O–H groups in total. The number of anilines is 1. The highest BCUT2D eigenvalue weighted by atomic mass is 15.2. The molecule has 0 amide bonds. The minimum absolute atomic E-state index is 0.474. The molecule has 0 aliphatic heterocycles. The molecule has 3 heteroatoms. The third-order valence-corrected chi connectivity index (χ3v) is 1.91. The molecule has 0 saturated carbocycles. The molecule has 0 aromatic carbocycles. The lowest BCUT2D eigenvalue weighted by Crippen LogP contribution is -2.15. The average Bonchev–Trinajstić information content (AvgIpc) is 2.09. The SMILES string of the molecule is CCCC(C)Nc1ccc(C)nn1. The molecular weight excluding hydrogens is 162 g/mol. The first-order valence-electron chi connectivity index (χ1n) is 4.79. The fourth-order valence-corrected chi connectivity index (χ4v) is 1.23. The van der Waals surface area contributed by atoms with E-state index in [0.29, 0.717) is 6.04 Å². The van der Waals surface area contributed by atoms with Crippen molar-refractivity contribution in [2.45, 2.75) is 39.7 Å². The molecule has 0 bridgehead atoms. The minimum atomic E-state index is 0.474. The van der Waals surface area contributed by atoms with Crippen LogP contribution in [-0.4, -0.2) is 16.2 Å². The molecular formula is C10H17N3. The van der Waals surface area contributed by atoms with Gasteiger partial charge in [-0.25, -0.2) is 0 Å². The van der Waals surface area contributed by atoms with Gasteiger partial charge in [0.25, 0.3) is 0 Å². The monoisotopic (exact) mass is 179 g/mol. The molecule has 0 saturated heterocycles. The summed E-state index contributed by atoms with van der Waals surface area (Å²) in [7, 11) is 0. The van der Waals surface area contributed by atoms with E-state index in [-0.39, 0.29) is 0 Å². The van der Waals surface area contributed by atoms with Crippen LogP contribution >= 0.6 is 0 Å². The van der Waals surface area contributed by atoms with E-state index < -0.39 is 0 Å². The first kappa shape index (κ1) is 9.96. The van der Waals surface area contributed by atoms with Crippen LogP contribution in [0.5, 0.6) is 0 Å². The van der Waals surface area contributed by atoms with Crippen LogP contribution in [0.25, 0.3) is 0 Å². The van der Waals surface area contributed by atoms with Crippen molar-refractivity contribution in [2.75, 3.05) is 5.32 Å². The molecule has 1 atom stereocenters. The lowest BCUT2D eigenvalue weighted by Gasteiger charge is -2.12. The van der Waals surface area contributed by atoms with Crippen molar-refractivity contribution < 1.29 is 0 Å². The Hall–Kier alpha value is -1.12. The Bertz CT molecular complexity index is 243. The largest absolute Gasteiger partial charge is 0.366 e. The van der Waals surface area contributed by atoms with Gasteiger partial charge in [-0.3, -0.25) is 0 Å². The van der Waals surface area contributed by atoms with Gasteiger partial charge < -0.3 is 5.32 Å². The van der Waals surface area contributed by atoms with E-state index in [1.165, 1.54) is 6.42 Å². The second kappa shape index (κ2) is 4.80. The van der Waals surface area contributed by atoms with Gasteiger partial charge in [-0.15, -0.1) is 5.10 Å². The fourth-order valence-electron chi connectivity index (χ4n) is 1.23. The molecule has 1 aromatic heterocycles. The topological polar surface area (TPSA) is 37.8 Å². The molecule has 0 spiro atoms. The number of nitrogens with zero attached hydrogens (tertiary/aromatic N) is 2. The van der Waals surface area contributed by atoms with Gasteiger partial charge in [-0.1, -0.05) is 13.3 Å². The zero-order chi connectivity index (χ0) is 9.68. The van der Waals surface area contributed by atoms with Gasteiger partial charge in [0.1, 0.15) is 5.82 Å². The quantitative estimate of drug-likeness (QED) is 0.771. The summed E-state index contributed by atoms with van der Waals surface area (Å²) in [5.41, 5.74) is 0.952. The Morgan fingerprint density at radius 3 is 2.69 bits per heavy atom. The molecule has 0 aliphatic carbocycles. The van der Waals surface area contributed by atoms with Crippen LogP contribution in [0.15, 0.2) is 12.1 Å². The van der Waals surface area contributed by atoms with Gasteiger partial charge in [0.05, 0.1) is 5.69 Å². The molecule has 0 aliphatic rings. The highest BCUT2D eigenvalue weighted by Crippen LogP contribution is 2.06. The highest BCUT2D eigenvalue weighted by Gasteiger charge is 2.00. The van der Waals surface area contributed by atoms with E-state index in [2.05, 4.69) is 29.4 Å². The Kier molecular flexibility index (Phi) is 3.68. The number of hydrogen-bond acceptors (Lipinski definition) is 3. The summed E-state index contributed by atoms with van der Waals surface area (Å²) in [6.45, 7) is 6.27. The Morgan fingerprint density at radius 2 is 2.15 bits per heavy atom. The van der Waals surface area contributed by atoms with Gasteiger partial charge >= 0.3 is 0 Å². The Labute approximate surface area is 79.6 Å². The Morgan fingerprint density at radius 1 is 1.38 bits per heavy atom. The lowest BCUT2D eigenvalue weighted by molar-refractivity contribution is 0.685. The first-order chi connectivity index (χ1) is 6.22. The maximum absolute atomic E-state index is 4.04. The Balaban J connectivity index is 2.49. The third-order valence-electron chi connectivity index (χ3n) is 1.91. The van der Waals surface area contributed by atoms with Crippen LogP contribution in [0.3, 0.4) is 0 Å². The van der Waals surface area contributed by atoms with Crippen LogP contribution in [0.2, 0.25) is 0 Å². The summed E-state index contributed by atoms with van der Waals surface area (Å²) in [6, 6.07) is 4.41. The van der Waals surface area contributed by atoms with E-state index in [0.717, 1.165) is 17.9 Å². The van der Waals surface area contributed by atoms with Crippen LogP contribution in [0, 0.1) is 6.92 Å². The third kappa shape index (κ3) is 3.40. The van der Waals surface area contributed by atoms with Gasteiger partial charge in [-0.05, 0) is 32.4 Å². The van der Waals surface area contributed by atoms with Crippen molar-refractivity contribution in [3.63, 3.8) is 0 Å². The summed E-state index contributed by atoms with van der Waals surface area (Å²) < 4.78 is 0. The molecule has 0 radical (unpaired) electrons. The van der Waals surface area contributed by atoms with E-state index in [4.69, 9.17) is 0 Å². The van der Waals surface area contributed by atoms with Crippen molar-refractivity contribution in [1.82, 2.24) is 10.2 Å². The zero-order valence-corrected chi connectivity index (χ0v) is 8.54. The van der Waals surface area contributed by atoms with Crippen molar-refractivity contribution in [1.29, 1.82) is 0 Å². The smallest absolute Gasteiger partial charge is 0.148 e. The second-order valence-corrected chi connectivity index (χ2v) is 3.39. The van der Waals surface area contributed by atoms with Crippen LogP contribution in [-0.2, 0) is 0 Å². The number of rotatable bonds is 4. The predicted molar refractivity (Wildman–Crippen MR) is 54.8 cm³/mol. The van der Waals surface area contributed by atoms with Gasteiger partial charge in [-0.2, -0.15) is 5.10 Å². The van der Waals surface area contributed by atoms with Crippen molar-refractivity contribution in [3.8, 4) is 0 Å². The number of nitrogens with one attached hydrogen (secondary N) is 1. The van der Waals surface area contributed by atoms with Gasteiger partial charge in [0.2, 0.25) is 0 Å². The molecule has 3 nitrogen and oxygen atoms in total.